The van der Waals surface area contributed by atoms with Gasteiger partial charge in [-0.25, -0.2) is 23.4 Å². The number of aryl methyl sites for hydroxylation is 1. The first-order valence-corrected chi connectivity index (χ1v) is 10.1. The molecule has 1 aromatic carbocycles. The average molecular weight is 404 g/mol. The van der Waals surface area contributed by atoms with Crippen LogP contribution in [0.2, 0.25) is 0 Å². The number of sulfonamides is 1. The Morgan fingerprint density at radius 3 is 2.61 bits per heavy atom. The van der Waals surface area contributed by atoms with E-state index in [1.165, 1.54) is 24.8 Å². The number of aromatic nitrogens is 4. The lowest BCUT2D eigenvalue weighted by Gasteiger charge is -2.25. The molecule has 28 heavy (non-hydrogen) atoms. The number of nitrogen functional groups attached to an aromatic ring is 1. The van der Waals surface area contributed by atoms with Crippen LogP contribution in [0.5, 0.6) is 0 Å². The zero-order valence-electron chi connectivity index (χ0n) is 15.0. The van der Waals surface area contributed by atoms with Crippen LogP contribution in [-0.2, 0) is 16.6 Å². The Bertz CT molecular complexity index is 1110. The maximum Gasteiger partial charge on any atom is 0.243 e. The van der Waals surface area contributed by atoms with Crippen molar-refractivity contribution in [2.24, 2.45) is 0 Å². The molecule has 3 atom stereocenters. The smallest absolute Gasteiger partial charge is 0.243 e. The molecule has 148 valence electrons. The predicted molar refractivity (Wildman–Crippen MR) is 101 cm³/mol. The minimum Gasteiger partial charge on any atom is -0.389 e. The van der Waals surface area contributed by atoms with E-state index in [9.17, 15) is 18.6 Å². The van der Waals surface area contributed by atoms with Crippen LogP contribution in [0.3, 0.4) is 0 Å². The molecule has 3 aromatic rings. The third-order valence-electron chi connectivity index (χ3n) is 4.97. The minimum absolute atomic E-state index is 0.0519. The highest BCUT2D eigenvalue weighted by molar-refractivity contribution is 7.89. The van der Waals surface area contributed by atoms with Crippen LogP contribution in [0.4, 0.5) is 5.82 Å². The third-order valence-corrected chi connectivity index (χ3v) is 6.87. The maximum absolute atomic E-state index is 13.1. The zero-order valence-corrected chi connectivity index (χ0v) is 15.9. The molecule has 0 bridgehead atoms. The third kappa shape index (κ3) is 3.02. The monoisotopic (exact) mass is 404 g/mol. The van der Waals surface area contributed by atoms with Gasteiger partial charge in [-0.3, -0.25) is 0 Å². The number of nitrogens with zero attached hydrogens (tertiary/aromatic N) is 5. The molecule has 1 saturated heterocycles. The SMILES string of the molecule is Cc1ccc(S(=O)(=O)N2CC(O)C(O)C2Cn2cnc3c(N)ncnc32)cc1. The van der Waals surface area contributed by atoms with Gasteiger partial charge in [0, 0.05) is 13.1 Å². The van der Waals surface area contributed by atoms with Crippen LogP contribution >= 0.6 is 0 Å². The van der Waals surface area contributed by atoms with Crippen molar-refractivity contribution >= 4 is 27.0 Å². The van der Waals surface area contributed by atoms with Crippen molar-refractivity contribution in [1.82, 2.24) is 23.8 Å². The summed E-state index contributed by atoms with van der Waals surface area (Å²) in [6.07, 6.45) is 0.303. The highest BCUT2D eigenvalue weighted by Gasteiger charge is 2.46. The van der Waals surface area contributed by atoms with Crippen molar-refractivity contribution in [3.63, 3.8) is 0 Å². The fraction of sp³-hybridized carbons (Fsp3) is 0.353. The number of aliphatic hydroxyl groups excluding tert-OH is 2. The number of nitrogens with two attached hydrogens (primary N) is 1. The van der Waals surface area contributed by atoms with Crippen molar-refractivity contribution in [2.75, 3.05) is 12.3 Å². The molecule has 3 unspecified atom stereocenters. The summed E-state index contributed by atoms with van der Waals surface area (Å²) < 4.78 is 29.0. The molecule has 1 aliphatic rings. The zero-order chi connectivity index (χ0) is 20.1. The summed E-state index contributed by atoms with van der Waals surface area (Å²) in [5.41, 5.74) is 7.54. The highest BCUT2D eigenvalue weighted by Crippen LogP contribution is 2.29. The number of β-amino-alcohol motifs (C(OH)–C–C–N with tert-alkyl or cyclic N) is 1. The van der Waals surface area contributed by atoms with Crippen LogP contribution in [0.15, 0.2) is 41.8 Å². The molecule has 0 radical (unpaired) electrons. The summed E-state index contributed by atoms with van der Waals surface area (Å²) in [5.74, 6) is 0.208. The van der Waals surface area contributed by atoms with E-state index in [2.05, 4.69) is 15.0 Å². The Hall–Kier alpha value is -2.60. The first-order valence-electron chi connectivity index (χ1n) is 8.65. The second-order valence-corrected chi connectivity index (χ2v) is 8.73. The Morgan fingerprint density at radius 1 is 1.18 bits per heavy atom. The lowest BCUT2D eigenvalue weighted by atomic mass is 10.1. The molecule has 0 amide bonds. The molecule has 0 aliphatic carbocycles. The van der Waals surface area contributed by atoms with Crippen LogP contribution in [0.1, 0.15) is 5.56 Å². The Kier molecular flexibility index (Phi) is 4.54. The van der Waals surface area contributed by atoms with E-state index in [0.717, 1.165) is 9.87 Å². The Balaban J connectivity index is 1.71. The summed E-state index contributed by atoms with van der Waals surface area (Å²) in [6.45, 7) is 1.71. The molecular formula is C17H20N6O4S. The van der Waals surface area contributed by atoms with Crippen LogP contribution in [0, 0.1) is 6.92 Å². The summed E-state index contributed by atoms with van der Waals surface area (Å²) in [5, 5.41) is 20.6. The molecule has 3 heterocycles. The van der Waals surface area contributed by atoms with E-state index < -0.39 is 28.3 Å². The number of hydrogen-bond acceptors (Lipinski definition) is 8. The quantitative estimate of drug-likeness (QED) is 0.528. The number of aliphatic hydroxyl groups is 2. The normalized spacial score (nSPS) is 23.5. The van der Waals surface area contributed by atoms with Gasteiger partial charge in [0.25, 0.3) is 0 Å². The molecule has 4 rings (SSSR count). The van der Waals surface area contributed by atoms with Crippen LogP contribution in [-0.4, -0.2) is 67.2 Å². The maximum atomic E-state index is 13.1. The van der Waals surface area contributed by atoms with Gasteiger partial charge in [0.1, 0.15) is 11.8 Å². The van der Waals surface area contributed by atoms with Crippen LogP contribution in [0.25, 0.3) is 11.2 Å². The average Bonchev–Trinajstić information content (AvgIpc) is 3.20. The first-order chi connectivity index (χ1) is 13.3. The molecule has 1 aliphatic heterocycles. The van der Waals surface area contributed by atoms with Gasteiger partial charge in [-0.2, -0.15) is 4.31 Å². The number of imidazole rings is 1. The molecule has 0 spiro atoms. The summed E-state index contributed by atoms with van der Waals surface area (Å²) in [7, 11) is -3.91. The topological polar surface area (TPSA) is 147 Å². The van der Waals surface area contributed by atoms with E-state index in [1.807, 2.05) is 6.92 Å². The molecule has 1 fully saturated rings. The highest BCUT2D eigenvalue weighted by atomic mass is 32.2. The first kappa shape index (κ1) is 18.7. The van der Waals surface area contributed by atoms with E-state index in [1.54, 1.807) is 16.7 Å². The van der Waals surface area contributed by atoms with Gasteiger partial charge < -0.3 is 20.5 Å². The van der Waals surface area contributed by atoms with Gasteiger partial charge >= 0.3 is 0 Å². The number of hydrogen-bond donors (Lipinski definition) is 3. The van der Waals surface area contributed by atoms with Crippen molar-refractivity contribution < 1.29 is 18.6 Å². The van der Waals surface area contributed by atoms with Gasteiger partial charge in [-0.15, -0.1) is 0 Å². The predicted octanol–water partition coefficient (Wildman–Crippen LogP) is -0.488. The van der Waals surface area contributed by atoms with Crippen molar-refractivity contribution in [3.8, 4) is 0 Å². The minimum atomic E-state index is -3.91. The fourth-order valence-electron chi connectivity index (χ4n) is 3.41. The van der Waals surface area contributed by atoms with Gasteiger partial charge in [0.05, 0.1) is 29.5 Å². The lowest BCUT2D eigenvalue weighted by molar-refractivity contribution is 0.0364. The van der Waals surface area contributed by atoms with Gasteiger partial charge in [0.2, 0.25) is 10.0 Å². The second-order valence-electron chi connectivity index (χ2n) is 6.84. The standard InChI is InChI=1S/C17H20N6O4S/c1-10-2-4-11(5-3-10)28(26,27)23-7-13(24)15(25)12(23)6-22-9-21-14-16(18)19-8-20-17(14)22/h2-5,8-9,12-13,15,24-25H,6-7H2,1H3,(H2,18,19,20). The molecule has 11 heteroatoms. The second kappa shape index (κ2) is 6.78. The fourth-order valence-corrected chi connectivity index (χ4v) is 5.06. The molecule has 2 aromatic heterocycles. The van der Waals surface area contributed by atoms with E-state index in [-0.39, 0.29) is 23.8 Å². The van der Waals surface area contributed by atoms with Gasteiger partial charge in [-0.05, 0) is 19.1 Å². The van der Waals surface area contributed by atoms with E-state index in [4.69, 9.17) is 5.73 Å². The van der Waals surface area contributed by atoms with E-state index >= 15 is 0 Å². The number of fused-ring (bicyclic) bond motifs is 1. The molecule has 4 N–H and O–H groups in total. The number of benzene rings is 1. The Morgan fingerprint density at radius 2 is 1.89 bits per heavy atom. The number of rotatable bonds is 4. The van der Waals surface area contributed by atoms with Gasteiger partial charge in [0.15, 0.2) is 11.5 Å². The largest absolute Gasteiger partial charge is 0.389 e. The number of anilines is 1. The van der Waals surface area contributed by atoms with Crippen molar-refractivity contribution in [1.29, 1.82) is 0 Å². The summed E-state index contributed by atoms with van der Waals surface area (Å²) >= 11 is 0. The van der Waals surface area contributed by atoms with Crippen LogP contribution < -0.4 is 5.73 Å². The summed E-state index contributed by atoms with van der Waals surface area (Å²) in [6, 6.07) is 5.54. The lowest BCUT2D eigenvalue weighted by Crippen LogP contribution is -2.42. The van der Waals surface area contributed by atoms with E-state index in [0.29, 0.717) is 11.2 Å². The van der Waals surface area contributed by atoms with Crippen molar-refractivity contribution in [2.45, 2.75) is 36.6 Å². The Labute approximate surface area is 161 Å². The summed E-state index contributed by atoms with van der Waals surface area (Å²) in [4.78, 5) is 12.3. The molecule has 10 nitrogen and oxygen atoms in total. The van der Waals surface area contributed by atoms with Gasteiger partial charge in [-0.1, -0.05) is 17.7 Å². The van der Waals surface area contributed by atoms with Crippen molar-refractivity contribution in [3.05, 3.63) is 42.5 Å². The molecule has 0 saturated carbocycles. The molecular weight excluding hydrogens is 384 g/mol.